The molecular formula is C22H14Cl3N3O3. The molecule has 156 valence electrons. The number of amides is 1. The van der Waals surface area contributed by atoms with E-state index in [2.05, 4.69) is 15.8 Å². The number of nitrogens with zero attached hydrogens (tertiary/aromatic N) is 1. The van der Waals surface area contributed by atoms with Crippen LogP contribution in [-0.2, 0) is 0 Å². The van der Waals surface area contributed by atoms with Gasteiger partial charge in [-0.15, -0.1) is 5.10 Å². The standard InChI is InChI=1S/C22H14Cl3N3O3/c23-13-2-5-15(6-3-13)27-28-22-17(9-12-1-7-16(29)11-20(12)31-22)21(30)26-19-10-14(24)4-8-18(19)25/h1-11,27,29H,(H,26,30)/b28-22-. The van der Waals surface area contributed by atoms with Crippen LogP contribution in [0.4, 0.5) is 11.4 Å². The van der Waals surface area contributed by atoms with Crippen LogP contribution >= 0.6 is 34.8 Å². The minimum atomic E-state index is -0.500. The quantitative estimate of drug-likeness (QED) is 0.304. The van der Waals surface area contributed by atoms with Crippen molar-refractivity contribution in [2.75, 3.05) is 10.7 Å². The number of benzene rings is 3. The largest absolute Gasteiger partial charge is 0.508 e. The van der Waals surface area contributed by atoms with Crippen molar-refractivity contribution in [1.82, 2.24) is 0 Å². The molecule has 0 saturated carbocycles. The number of hydrogen-bond donors (Lipinski definition) is 3. The van der Waals surface area contributed by atoms with Crippen molar-refractivity contribution in [2.45, 2.75) is 0 Å². The molecule has 0 aliphatic heterocycles. The number of aromatic hydroxyl groups is 1. The van der Waals surface area contributed by atoms with E-state index in [9.17, 15) is 9.90 Å². The first-order valence-electron chi connectivity index (χ1n) is 8.97. The third kappa shape index (κ3) is 4.94. The second-order valence-electron chi connectivity index (χ2n) is 6.50. The molecule has 0 unspecified atom stereocenters. The molecule has 1 aromatic heterocycles. The van der Waals surface area contributed by atoms with Crippen LogP contribution in [0.25, 0.3) is 11.0 Å². The second-order valence-corrected chi connectivity index (χ2v) is 7.78. The van der Waals surface area contributed by atoms with Crippen LogP contribution in [0.5, 0.6) is 5.75 Å². The maximum Gasteiger partial charge on any atom is 0.261 e. The molecule has 4 rings (SSSR count). The van der Waals surface area contributed by atoms with Crippen molar-refractivity contribution in [1.29, 1.82) is 0 Å². The van der Waals surface area contributed by atoms with Gasteiger partial charge in [0.15, 0.2) is 0 Å². The molecule has 4 aromatic rings. The molecule has 0 fully saturated rings. The summed E-state index contributed by atoms with van der Waals surface area (Å²) in [4.78, 5) is 13.0. The number of rotatable bonds is 4. The highest BCUT2D eigenvalue weighted by atomic mass is 35.5. The summed E-state index contributed by atoms with van der Waals surface area (Å²) < 4.78 is 5.80. The summed E-state index contributed by atoms with van der Waals surface area (Å²) in [6.45, 7) is 0. The van der Waals surface area contributed by atoms with Gasteiger partial charge in [-0.1, -0.05) is 34.8 Å². The van der Waals surface area contributed by atoms with Crippen LogP contribution in [0.15, 0.2) is 76.2 Å². The van der Waals surface area contributed by atoms with Gasteiger partial charge >= 0.3 is 0 Å². The first-order valence-corrected chi connectivity index (χ1v) is 10.1. The van der Waals surface area contributed by atoms with Crippen molar-refractivity contribution < 1.29 is 14.3 Å². The van der Waals surface area contributed by atoms with Crippen molar-refractivity contribution >= 4 is 63.1 Å². The zero-order valence-corrected chi connectivity index (χ0v) is 18.0. The van der Waals surface area contributed by atoms with Crippen LogP contribution in [0.1, 0.15) is 10.4 Å². The Morgan fingerprint density at radius 3 is 2.42 bits per heavy atom. The van der Waals surface area contributed by atoms with Gasteiger partial charge in [-0.3, -0.25) is 10.2 Å². The first-order chi connectivity index (χ1) is 14.9. The van der Waals surface area contributed by atoms with E-state index in [1.165, 1.54) is 12.1 Å². The number of phenolic OH excluding ortho intramolecular Hbond substituents is 1. The Kier molecular flexibility index (Phi) is 6.04. The minimum Gasteiger partial charge on any atom is -0.508 e. The summed E-state index contributed by atoms with van der Waals surface area (Å²) in [5, 5.41) is 18.6. The molecule has 0 aliphatic carbocycles. The Labute approximate surface area is 191 Å². The third-order valence-corrected chi connectivity index (χ3v) is 5.10. The zero-order chi connectivity index (χ0) is 22.0. The van der Waals surface area contributed by atoms with Gasteiger partial charge in [-0.2, -0.15) is 0 Å². The van der Waals surface area contributed by atoms with Crippen molar-refractivity contribution in [2.24, 2.45) is 5.10 Å². The van der Waals surface area contributed by atoms with Crippen molar-refractivity contribution in [3.05, 3.63) is 92.9 Å². The second kappa shape index (κ2) is 8.89. The van der Waals surface area contributed by atoms with Crippen LogP contribution in [0.2, 0.25) is 15.1 Å². The molecular weight excluding hydrogens is 461 g/mol. The van der Waals surface area contributed by atoms with E-state index in [1.807, 2.05) is 0 Å². The highest BCUT2D eigenvalue weighted by molar-refractivity contribution is 6.36. The van der Waals surface area contributed by atoms with Crippen molar-refractivity contribution in [3.8, 4) is 5.75 Å². The number of fused-ring (bicyclic) bond motifs is 1. The number of nitrogens with one attached hydrogen (secondary N) is 2. The lowest BCUT2D eigenvalue weighted by Gasteiger charge is -2.09. The number of carbonyl (C=O) groups is 1. The van der Waals surface area contributed by atoms with E-state index in [1.54, 1.807) is 54.6 Å². The number of hydrogen-bond acceptors (Lipinski definition) is 5. The average molecular weight is 475 g/mol. The van der Waals surface area contributed by atoms with Gasteiger partial charge in [0.2, 0.25) is 5.55 Å². The molecule has 3 aromatic carbocycles. The lowest BCUT2D eigenvalue weighted by Crippen LogP contribution is -2.23. The van der Waals surface area contributed by atoms with Crippen LogP contribution in [-0.4, -0.2) is 11.0 Å². The van der Waals surface area contributed by atoms with Crippen LogP contribution in [0, 0.1) is 0 Å². The van der Waals surface area contributed by atoms with Gasteiger partial charge < -0.3 is 14.8 Å². The van der Waals surface area contributed by atoms with E-state index in [0.29, 0.717) is 37.4 Å². The van der Waals surface area contributed by atoms with Gasteiger partial charge in [-0.05, 0) is 60.7 Å². The van der Waals surface area contributed by atoms with E-state index in [-0.39, 0.29) is 16.9 Å². The topological polar surface area (TPSA) is 86.9 Å². The SMILES string of the molecule is O=C(Nc1cc(Cl)ccc1Cl)c1cc2ccc(O)cc2o/c1=N\Nc1ccc(Cl)cc1. The Morgan fingerprint density at radius 1 is 0.903 bits per heavy atom. The molecule has 31 heavy (non-hydrogen) atoms. The molecule has 3 N–H and O–H groups in total. The van der Waals surface area contributed by atoms with Gasteiger partial charge in [0, 0.05) is 21.5 Å². The number of phenols is 1. The monoisotopic (exact) mass is 473 g/mol. The first kappa shape index (κ1) is 21.1. The lowest BCUT2D eigenvalue weighted by atomic mass is 10.1. The summed E-state index contributed by atoms with van der Waals surface area (Å²) >= 11 is 18.1. The fraction of sp³-hybridized carbons (Fsp3) is 0. The normalized spacial score (nSPS) is 11.5. The Balaban J connectivity index is 1.78. The molecule has 6 nitrogen and oxygen atoms in total. The lowest BCUT2D eigenvalue weighted by molar-refractivity contribution is 0.102. The predicted molar refractivity (Wildman–Crippen MR) is 123 cm³/mol. The molecule has 0 atom stereocenters. The molecule has 0 aliphatic rings. The number of anilines is 2. The Bertz CT molecular complexity index is 1350. The van der Waals surface area contributed by atoms with E-state index < -0.39 is 5.91 Å². The number of carbonyl (C=O) groups excluding carboxylic acids is 1. The van der Waals surface area contributed by atoms with Gasteiger partial charge in [0.25, 0.3) is 5.91 Å². The van der Waals surface area contributed by atoms with E-state index >= 15 is 0 Å². The Morgan fingerprint density at radius 2 is 1.65 bits per heavy atom. The van der Waals surface area contributed by atoms with E-state index in [4.69, 9.17) is 39.2 Å². The summed E-state index contributed by atoms with van der Waals surface area (Å²) in [5.74, 6) is -0.477. The maximum absolute atomic E-state index is 13.0. The van der Waals surface area contributed by atoms with Gasteiger partial charge in [0.1, 0.15) is 16.9 Å². The van der Waals surface area contributed by atoms with Crippen LogP contribution < -0.4 is 16.3 Å². The fourth-order valence-corrected chi connectivity index (χ4v) is 3.24. The highest BCUT2D eigenvalue weighted by Gasteiger charge is 2.15. The molecule has 0 radical (unpaired) electrons. The zero-order valence-electron chi connectivity index (χ0n) is 15.7. The summed E-state index contributed by atoms with van der Waals surface area (Å²) in [6.07, 6.45) is 0. The molecule has 0 saturated heterocycles. The molecule has 1 heterocycles. The highest BCUT2D eigenvalue weighted by Crippen LogP contribution is 2.26. The summed E-state index contributed by atoms with van der Waals surface area (Å²) in [7, 11) is 0. The van der Waals surface area contributed by atoms with Crippen molar-refractivity contribution in [3.63, 3.8) is 0 Å². The minimum absolute atomic E-state index is 0.00343. The van der Waals surface area contributed by atoms with Crippen LogP contribution in [0.3, 0.4) is 0 Å². The summed E-state index contributed by atoms with van der Waals surface area (Å²) in [6, 6.07) is 17.8. The third-order valence-electron chi connectivity index (χ3n) is 4.29. The van der Waals surface area contributed by atoms with Gasteiger partial charge in [0.05, 0.1) is 16.4 Å². The summed E-state index contributed by atoms with van der Waals surface area (Å²) in [5.41, 5.74) is 4.33. The average Bonchev–Trinajstić information content (AvgIpc) is 2.75. The van der Waals surface area contributed by atoms with Gasteiger partial charge in [-0.25, -0.2) is 0 Å². The fourth-order valence-electron chi connectivity index (χ4n) is 2.78. The number of halogens is 3. The molecule has 9 heteroatoms. The predicted octanol–water partition coefficient (Wildman–Crippen LogP) is 6.28. The molecule has 0 bridgehead atoms. The van der Waals surface area contributed by atoms with E-state index in [0.717, 1.165) is 0 Å². The Hall–Kier alpha value is -3.19. The molecule has 0 spiro atoms. The smallest absolute Gasteiger partial charge is 0.261 e. The molecule has 1 amide bonds. The maximum atomic E-state index is 13.0.